The normalized spacial score (nSPS) is 13.8. The number of nitrogens with zero attached hydrogens (tertiary/aromatic N) is 2. The molecule has 0 unspecified atom stereocenters. The number of pyridine rings is 1. The summed E-state index contributed by atoms with van der Waals surface area (Å²) in [5.74, 6) is -0.351. The summed E-state index contributed by atoms with van der Waals surface area (Å²) in [4.78, 5) is 14.1. The molecular weight excluding hydrogens is 306 g/mol. The van der Waals surface area contributed by atoms with Crippen molar-refractivity contribution >= 4 is 11.6 Å². The van der Waals surface area contributed by atoms with E-state index in [1.54, 1.807) is 18.2 Å². The molecule has 0 spiro atoms. The molecule has 5 nitrogen and oxygen atoms in total. The van der Waals surface area contributed by atoms with Crippen LogP contribution in [0.15, 0.2) is 42.6 Å². The van der Waals surface area contributed by atoms with Crippen LogP contribution in [0.1, 0.15) is 22.5 Å². The Balaban J connectivity index is 1.93. The van der Waals surface area contributed by atoms with Crippen molar-refractivity contribution in [1.82, 2.24) is 0 Å². The fourth-order valence-corrected chi connectivity index (χ4v) is 2.69. The van der Waals surface area contributed by atoms with Gasteiger partial charge in [0.15, 0.2) is 6.20 Å². The molecule has 3 rings (SSSR count). The minimum Gasteiger partial charge on any atom is -0.618 e. The molecule has 1 aliphatic heterocycles. The van der Waals surface area contributed by atoms with E-state index >= 15 is 0 Å². The van der Waals surface area contributed by atoms with Crippen LogP contribution in [-0.2, 0) is 6.42 Å². The molecule has 0 atom stereocenters. The van der Waals surface area contributed by atoms with Crippen molar-refractivity contribution < 1.29 is 23.0 Å². The molecule has 1 aromatic heterocycles. The SMILES string of the molecule is O=C(c1cccc[n+]1[O-])N1CCCc2cc(OC(F)F)ccc21. The lowest BCUT2D eigenvalue weighted by Gasteiger charge is -2.29. The molecule has 7 heteroatoms. The van der Waals surface area contributed by atoms with Crippen molar-refractivity contribution in [1.29, 1.82) is 0 Å². The Morgan fingerprint density at radius 2 is 2.13 bits per heavy atom. The van der Waals surface area contributed by atoms with E-state index in [4.69, 9.17) is 0 Å². The van der Waals surface area contributed by atoms with Crippen molar-refractivity contribution in [2.24, 2.45) is 0 Å². The van der Waals surface area contributed by atoms with Gasteiger partial charge in [-0.1, -0.05) is 0 Å². The Bertz CT molecular complexity index is 737. The average molecular weight is 320 g/mol. The first-order valence-electron chi connectivity index (χ1n) is 7.14. The molecule has 0 N–H and O–H groups in total. The van der Waals surface area contributed by atoms with Crippen molar-refractivity contribution in [2.75, 3.05) is 11.4 Å². The highest BCUT2D eigenvalue weighted by molar-refractivity contribution is 6.04. The number of halogens is 2. The third-order valence-corrected chi connectivity index (χ3v) is 3.68. The third-order valence-electron chi connectivity index (χ3n) is 3.68. The minimum absolute atomic E-state index is 0.0215. The molecule has 1 amide bonds. The topological polar surface area (TPSA) is 56.5 Å². The standard InChI is InChI=1S/C16H14F2N2O3/c17-16(18)23-12-6-7-13-11(10-12)4-3-8-19(13)15(21)14-5-1-2-9-20(14)22/h1-2,5-7,9-10,16H,3-4,8H2. The van der Waals surface area contributed by atoms with Crippen molar-refractivity contribution in [3.05, 3.63) is 59.1 Å². The summed E-state index contributed by atoms with van der Waals surface area (Å²) < 4.78 is 29.5. The van der Waals surface area contributed by atoms with Gasteiger partial charge in [0.1, 0.15) is 5.75 Å². The van der Waals surface area contributed by atoms with Gasteiger partial charge in [-0.25, -0.2) is 0 Å². The van der Waals surface area contributed by atoms with Crippen LogP contribution in [0.3, 0.4) is 0 Å². The molecule has 0 radical (unpaired) electrons. The highest BCUT2D eigenvalue weighted by atomic mass is 19.3. The number of fused-ring (bicyclic) bond motifs is 1. The molecule has 0 saturated carbocycles. The molecular formula is C16H14F2N2O3. The summed E-state index contributed by atoms with van der Waals surface area (Å²) in [6.07, 6.45) is 2.60. The van der Waals surface area contributed by atoms with Gasteiger partial charge in [-0.2, -0.15) is 13.5 Å². The Morgan fingerprint density at radius 3 is 2.87 bits per heavy atom. The maximum Gasteiger partial charge on any atom is 0.387 e. The number of hydrogen-bond acceptors (Lipinski definition) is 3. The fraction of sp³-hybridized carbons (Fsp3) is 0.250. The van der Waals surface area contributed by atoms with Gasteiger partial charge in [-0.3, -0.25) is 4.79 Å². The number of ether oxygens (including phenoxy) is 1. The van der Waals surface area contributed by atoms with Gasteiger partial charge in [0, 0.05) is 24.4 Å². The predicted octanol–water partition coefficient (Wildman–Crippen LogP) is 2.51. The highest BCUT2D eigenvalue weighted by Crippen LogP contribution is 2.31. The molecule has 0 aliphatic carbocycles. The van der Waals surface area contributed by atoms with Gasteiger partial charge >= 0.3 is 12.5 Å². The van der Waals surface area contributed by atoms with Gasteiger partial charge in [0.2, 0.25) is 0 Å². The van der Waals surface area contributed by atoms with Crippen LogP contribution in [0.4, 0.5) is 14.5 Å². The number of benzene rings is 1. The van der Waals surface area contributed by atoms with Crippen LogP contribution in [0.5, 0.6) is 5.75 Å². The number of aromatic nitrogens is 1. The van der Waals surface area contributed by atoms with E-state index in [9.17, 15) is 18.8 Å². The second kappa shape index (κ2) is 6.20. The average Bonchev–Trinajstić information content (AvgIpc) is 2.53. The molecule has 120 valence electrons. The maximum absolute atomic E-state index is 12.6. The fourth-order valence-electron chi connectivity index (χ4n) is 2.69. The van der Waals surface area contributed by atoms with Crippen molar-refractivity contribution in [2.45, 2.75) is 19.5 Å². The monoisotopic (exact) mass is 320 g/mol. The van der Waals surface area contributed by atoms with Crippen LogP contribution in [0.2, 0.25) is 0 Å². The molecule has 23 heavy (non-hydrogen) atoms. The number of carbonyl (C=O) groups is 1. The summed E-state index contributed by atoms with van der Waals surface area (Å²) in [5.41, 5.74) is 1.39. The summed E-state index contributed by atoms with van der Waals surface area (Å²) in [7, 11) is 0. The lowest BCUT2D eigenvalue weighted by molar-refractivity contribution is -0.607. The van der Waals surface area contributed by atoms with E-state index in [1.165, 1.54) is 29.3 Å². The highest BCUT2D eigenvalue weighted by Gasteiger charge is 2.28. The lowest BCUT2D eigenvalue weighted by Crippen LogP contribution is -2.43. The van der Waals surface area contributed by atoms with E-state index in [-0.39, 0.29) is 11.4 Å². The summed E-state index contributed by atoms with van der Waals surface area (Å²) in [6, 6.07) is 9.10. The van der Waals surface area contributed by atoms with E-state index in [0.29, 0.717) is 29.8 Å². The zero-order valence-electron chi connectivity index (χ0n) is 12.1. The number of amides is 1. The van der Waals surface area contributed by atoms with Gasteiger partial charge in [0.25, 0.3) is 5.69 Å². The van der Waals surface area contributed by atoms with Gasteiger partial charge in [0.05, 0.1) is 0 Å². The van der Waals surface area contributed by atoms with Crippen LogP contribution in [0.25, 0.3) is 0 Å². The van der Waals surface area contributed by atoms with E-state index in [1.807, 2.05) is 0 Å². The number of rotatable bonds is 3. The summed E-state index contributed by atoms with van der Waals surface area (Å²) in [5, 5.41) is 11.8. The van der Waals surface area contributed by atoms with Gasteiger partial charge < -0.3 is 14.8 Å². The Morgan fingerprint density at radius 1 is 1.30 bits per heavy atom. The maximum atomic E-state index is 12.6. The van der Waals surface area contributed by atoms with Crippen LogP contribution in [-0.4, -0.2) is 19.1 Å². The Labute approximate surface area is 131 Å². The predicted molar refractivity (Wildman–Crippen MR) is 78.5 cm³/mol. The van der Waals surface area contributed by atoms with Crippen LogP contribution < -0.4 is 14.4 Å². The molecule has 1 aliphatic rings. The molecule has 0 fully saturated rings. The first-order valence-corrected chi connectivity index (χ1v) is 7.14. The molecule has 1 aromatic carbocycles. The van der Waals surface area contributed by atoms with Crippen LogP contribution in [0, 0.1) is 5.21 Å². The molecule has 0 bridgehead atoms. The Kier molecular flexibility index (Phi) is 4.10. The summed E-state index contributed by atoms with van der Waals surface area (Å²) >= 11 is 0. The van der Waals surface area contributed by atoms with Crippen molar-refractivity contribution in [3.8, 4) is 5.75 Å². The number of alkyl halides is 2. The smallest absolute Gasteiger partial charge is 0.387 e. The van der Waals surface area contributed by atoms with Crippen LogP contribution >= 0.6 is 0 Å². The first kappa shape index (κ1) is 15.2. The second-order valence-electron chi connectivity index (χ2n) is 5.14. The second-order valence-corrected chi connectivity index (χ2v) is 5.14. The first-order chi connectivity index (χ1) is 11.1. The van der Waals surface area contributed by atoms with Crippen molar-refractivity contribution in [3.63, 3.8) is 0 Å². The largest absolute Gasteiger partial charge is 0.618 e. The number of hydrogen-bond donors (Lipinski definition) is 0. The quantitative estimate of drug-likeness (QED) is 0.645. The van der Waals surface area contributed by atoms with Gasteiger partial charge in [-0.15, -0.1) is 0 Å². The molecule has 0 saturated heterocycles. The minimum atomic E-state index is -2.89. The zero-order chi connectivity index (χ0) is 16.4. The number of carbonyl (C=O) groups excluding carboxylic acids is 1. The van der Waals surface area contributed by atoms with E-state index in [0.717, 1.165) is 5.56 Å². The van der Waals surface area contributed by atoms with Gasteiger partial charge in [-0.05, 0) is 42.7 Å². The molecule has 2 heterocycles. The van der Waals surface area contributed by atoms with E-state index < -0.39 is 12.5 Å². The number of aryl methyl sites for hydroxylation is 1. The lowest BCUT2D eigenvalue weighted by atomic mass is 10.0. The Hall–Kier alpha value is -2.70. The third kappa shape index (κ3) is 3.08. The molecule has 2 aromatic rings. The number of anilines is 1. The van der Waals surface area contributed by atoms with E-state index in [2.05, 4.69) is 4.74 Å². The zero-order valence-corrected chi connectivity index (χ0v) is 12.1. The summed E-state index contributed by atoms with van der Waals surface area (Å²) in [6.45, 7) is -2.42.